The molecule has 0 atom stereocenters. The first-order chi connectivity index (χ1) is 9.09. The minimum Gasteiger partial charge on any atom is -0.388 e. The monoisotopic (exact) mass is 264 g/mol. The van der Waals surface area contributed by atoms with E-state index in [1.807, 2.05) is 31.2 Å². The van der Waals surface area contributed by atoms with Crippen LogP contribution in [0.15, 0.2) is 24.3 Å². The average molecular weight is 264 g/mol. The maximum Gasteiger partial charge on any atom is 0.319 e. The SMILES string of the molecule is Cc1ccccc1NC(=O)NCC1(O)CCOCC1. The van der Waals surface area contributed by atoms with Crippen molar-refractivity contribution < 1.29 is 14.6 Å². The molecule has 0 aliphatic carbocycles. The fourth-order valence-electron chi connectivity index (χ4n) is 2.05. The molecule has 1 saturated heterocycles. The molecule has 0 bridgehead atoms. The van der Waals surface area contributed by atoms with Crippen molar-refractivity contribution >= 4 is 11.7 Å². The Balaban J connectivity index is 1.83. The van der Waals surface area contributed by atoms with E-state index in [4.69, 9.17) is 4.74 Å². The highest BCUT2D eigenvalue weighted by atomic mass is 16.5. The van der Waals surface area contributed by atoms with Crippen molar-refractivity contribution in [3.8, 4) is 0 Å². The third-order valence-electron chi connectivity index (χ3n) is 3.39. The van der Waals surface area contributed by atoms with Crippen molar-refractivity contribution in [2.75, 3.05) is 25.1 Å². The van der Waals surface area contributed by atoms with E-state index < -0.39 is 5.60 Å². The average Bonchev–Trinajstić information content (AvgIpc) is 2.40. The van der Waals surface area contributed by atoms with E-state index in [-0.39, 0.29) is 12.6 Å². The Morgan fingerprint density at radius 2 is 2.05 bits per heavy atom. The third-order valence-corrected chi connectivity index (χ3v) is 3.39. The van der Waals surface area contributed by atoms with E-state index in [2.05, 4.69) is 10.6 Å². The number of nitrogens with one attached hydrogen (secondary N) is 2. The number of carbonyl (C=O) groups is 1. The van der Waals surface area contributed by atoms with E-state index >= 15 is 0 Å². The van der Waals surface area contributed by atoms with Gasteiger partial charge in [-0.15, -0.1) is 0 Å². The molecule has 1 aliphatic heterocycles. The molecule has 0 unspecified atom stereocenters. The quantitative estimate of drug-likeness (QED) is 0.777. The van der Waals surface area contributed by atoms with Crippen LogP contribution in [-0.4, -0.2) is 36.5 Å². The normalized spacial score (nSPS) is 17.8. The van der Waals surface area contributed by atoms with Gasteiger partial charge in [0.1, 0.15) is 0 Å². The van der Waals surface area contributed by atoms with Crippen LogP contribution >= 0.6 is 0 Å². The van der Waals surface area contributed by atoms with Crippen molar-refractivity contribution in [2.45, 2.75) is 25.4 Å². The predicted molar refractivity (Wildman–Crippen MR) is 73.2 cm³/mol. The third kappa shape index (κ3) is 3.94. The largest absolute Gasteiger partial charge is 0.388 e. The molecule has 1 heterocycles. The number of rotatable bonds is 3. The van der Waals surface area contributed by atoms with Crippen LogP contribution < -0.4 is 10.6 Å². The number of aryl methyl sites for hydroxylation is 1. The summed E-state index contributed by atoms with van der Waals surface area (Å²) < 4.78 is 5.19. The van der Waals surface area contributed by atoms with Crippen LogP contribution in [0.25, 0.3) is 0 Å². The molecule has 1 fully saturated rings. The number of ether oxygens (including phenoxy) is 1. The first kappa shape index (κ1) is 13.8. The molecule has 2 rings (SSSR count). The van der Waals surface area contributed by atoms with Crippen molar-refractivity contribution in [3.63, 3.8) is 0 Å². The van der Waals surface area contributed by atoms with Crippen LogP contribution in [-0.2, 0) is 4.74 Å². The summed E-state index contributed by atoms with van der Waals surface area (Å²) in [4.78, 5) is 11.8. The maximum absolute atomic E-state index is 11.8. The number of hydrogen-bond acceptors (Lipinski definition) is 3. The Bertz CT molecular complexity index is 442. The van der Waals surface area contributed by atoms with Gasteiger partial charge in [-0.3, -0.25) is 0 Å². The van der Waals surface area contributed by atoms with Crippen LogP contribution in [0, 0.1) is 6.92 Å². The highest BCUT2D eigenvalue weighted by Gasteiger charge is 2.30. The van der Waals surface area contributed by atoms with Crippen molar-refractivity contribution in [1.82, 2.24) is 5.32 Å². The lowest BCUT2D eigenvalue weighted by Crippen LogP contribution is -2.47. The number of amides is 2. The Morgan fingerprint density at radius 1 is 1.37 bits per heavy atom. The van der Waals surface area contributed by atoms with Gasteiger partial charge in [-0.1, -0.05) is 18.2 Å². The van der Waals surface area contributed by atoms with Crippen LogP contribution in [0.4, 0.5) is 10.5 Å². The molecule has 0 radical (unpaired) electrons. The summed E-state index contributed by atoms with van der Waals surface area (Å²) in [5, 5.41) is 15.7. The molecule has 1 aromatic carbocycles. The van der Waals surface area contributed by atoms with Gasteiger partial charge in [0, 0.05) is 38.3 Å². The number of carbonyl (C=O) groups excluding carboxylic acids is 1. The molecule has 19 heavy (non-hydrogen) atoms. The summed E-state index contributed by atoms with van der Waals surface area (Å²) in [5.41, 5.74) is 0.933. The second kappa shape index (κ2) is 6.04. The molecule has 104 valence electrons. The highest BCUT2D eigenvalue weighted by molar-refractivity contribution is 5.90. The second-order valence-electron chi connectivity index (χ2n) is 4.96. The van der Waals surface area contributed by atoms with Gasteiger partial charge in [0.2, 0.25) is 0 Å². The number of para-hydroxylation sites is 1. The fraction of sp³-hybridized carbons (Fsp3) is 0.500. The van der Waals surface area contributed by atoms with Crippen molar-refractivity contribution in [1.29, 1.82) is 0 Å². The zero-order valence-corrected chi connectivity index (χ0v) is 11.1. The molecule has 5 heteroatoms. The van der Waals surface area contributed by atoms with Gasteiger partial charge in [-0.25, -0.2) is 4.79 Å². The number of hydrogen-bond donors (Lipinski definition) is 3. The Hall–Kier alpha value is -1.59. The minimum absolute atomic E-state index is 0.244. The molecular weight excluding hydrogens is 244 g/mol. The van der Waals surface area contributed by atoms with E-state index in [1.165, 1.54) is 0 Å². The molecule has 0 spiro atoms. The number of urea groups is 1. The standard InChI is InChI=1S/C14H20N2O3/c1-11-4-2-3-5-12(11)16-13(17)15-10-14(18)6-8-19-9-7-14/h2-5,18H,6-10H2,1H3,(H2,15,16,17). The van der Waals surface area contributed by atoms with Crippen molar-refractivity contribution in [3.05, 3.63) is 29.8 Å². The van der Waals surface area contributed by atoms with Gasteiger partial charge in [-0.05, 0) is 18.6 Å². The Morgan fingerprint density at radius 3 is 2.74 bits per heavy atom. The fourth-order valence-corrected chi connectivity index (χ4v) is 2.05. The lowest BCUT2D eigenvalue weighted by molar-refractivity contribution is -0.0598. The van der Waals surface area contributed by atoms with Gasteiger partial charge in [0.25, 0.3) is 0 Å². The first-order valence-corrected chi connectivity index (χ1v) is 6.50. The number of benzene rings is 1. The van der Waals surface area contributed by atoms with Crippen molar-refractivity contribution in [2.24, 2.45) is 0 Å². The summed E-state index contributed by atoms with van der Waals surface area (Å²) in [6.45, 7) is 3.25. The van der Waals surface area contributed by atoms with Gasteiger partial charge in [-0.2, -0.15) is 0 Å². The minimum atomic E-state index is -0.846. The van der Waals surface area contributed by atoms with E-state index in [0.29, 0.717) is 26.1 Å². The molecule has 5 nitrogen and oxygen atoms in total. The van der Waals surface area contributed by atoms with E-state index in [9.17, 15) is 9.90 Å². The Kier molecular flexibility index (Phi) is 4.39. The lowest BCUT2D eigenvalue weighted by atomic mass is 9.94. The first-order valence-electron chi connectivity index (χ1n) is 6.50. The van der Waals surface area contributed by atoms with Gasteiger partial charge in [0.05, 0.1) is 5.60 Å². The highest BCUT2D eigenvalue weighted by Crippen LogP contribution is 2.19. The molecule has 0 saturated carbocycles. The van der Waals surface area contributed by atoms with Gasteiger partial charge >= 0.3 is 6.03 Å². The zero-order chi connectivity index (χ0) is 13.7. The summed E-state index contributed by atoms with van der Waals surface area (Å²) in [6, 6.07) is 7.27. The molecular formula is C14H20N2O3. The lowest BCUT2D eigenvalue weighted by Gasteiger charge is -2.32. The predicted octanol–water partition coefficient (Wildman–Crippen LogP) is 1.66. The molecule has 2 amide bonds. The molecule has 1 aliphatic rings. The molecule has 1 aromatic rings. The second-order valence-corrected chi connectivity index (χ2v) is 4.96. The number of aliphatic hydroxyl groups is 1. The van der Waals surface area contributed by atoms with Crippen LogP contribution in [0.3, 0.4) is 0 Å². The number of anilines is 1. The van der Waals surface area contributed by atoms with E-state index in [0.717, 1.165) is 11.3 Å². The van der Waals surface area contributed by atoms with Crippen LogP contribution in [0.5, 0.6) is 0 Å². The van der Waals surface area contributed by atoms with E-state index in [1.54, 1.807) is 0 Å². The summed E-state index contributed by atoms with van der Waals surface area (Å²) in [6.07, 6.45) is 1.11. The maximum atomic E-state index is 11.8. The Labute approximate surface area is 113 Å². The summed E-state index contributed by atoms with van der Waals surface area (Å²) in [5.74, 6) is 0. The summed E-state index contributed by atoms with van der Waals surface area (Å²) in [7, 11) is 0. The van der Waals surface area contributed by atoms with Gasteiger partial charge < -0.3 is 20.5 Å². The topological polar surface area (TPSA) is 70.6 Å². The zero-order valence-electron chi connectivity index (χ0n) is 11.1. The van der Waals surface area contributed by atoms with Gasteiger partial charge in [0.15, 0.2) is 0 Å². The molecule has 0 aromatic heterocycles. The van der Waals surface area contributed by atoms with Crippen LogP contribution in [0.1, 0.15) is 18.4 Å². The smallest absolute Gasteiger partial charge is 0.319 e. The summed E-state index contributed by atoms with van der Waals surface area (Å²) >= 11 is 0. The molecule has 3 N–H and O–H groups in total. The van der Waals surface area contributed by atoms with Crippen LogP contribution in [0.2, 0.25) is 0 Å².